The maximum atomic E-state index is 12.0. The van der Waals surface area contributed by atoms with Crippen LogP contribution in [0.2, 0.25) is 10.0 Å². The van der Waals surface area contributed by atoms with Gasteiger partial charge in [-0.25, -0.2) is 0 Å². The number of nitrogens with one attached hydrogen (secondary N) is 1. The molecule has 0 saturated heterocycles. The van der Waals surface area contributed by atoms with Crippen LogP contribution in [0.3, 0.4) is 0 Å². The molecule has 0 aliphatic carbocycles. The molecule has 0 aromatic heterocycles. The Bertz CT molecular complexity index is 765. The molecule has 2 rings (SSSR count). The molecule has 0 bridgehead atoms. The van der Waals surface area contributed by atoms with Crippen molar-refractivity contribution >= 4 is 40.9 Å². The molecule has 0 aliphatic rings. The number of anilines is 1. The van der Waals surface area contributed by atoms with Gasteiger partial charge in [0.05, 0.1) is 24.3 Å². The van der Waals surface area contributed by atoms with E-state index in [1.54, 1.807) is 36.4 Å². The molecule has 2 aromatic carbocycles. The van der Waals surface area contributed by atoms with Crippen molar-refractivity contribution in [3.8, 4) is 17.2 Å². The number of aromatic hydroxyl groups is 1. The van der Waals surface area contributed by atoms with Gasteiger partial charge in [0.25, 0.3) is 0 Å². The first-order valence-corrected chi connectivity index (χ1v) is 7.59. The third kappa shape index (κ3) is 4.34. The number of ether oxygens (including phenoxy) is 2. The number of benzene rings is 2. The number of halogens is 2. The molecular formula is C17H15Cl2NO4. The second kappa shape index (κ2) is 7.95. The zero-order valence-electron chi connectivity index (χ0n) is 13.0. The summed E-state index contributed by atoms with van der Waals surface area (Å²) in [6.45, 7) is 0. The Morgan fingerprint density at radius 2 is 1.71 bits per heavy atom. The van der Waals surface area contributed by atoms with E-state index >= 15 is 0 Å². The van der Waals surface area contributed by atoms with E-state index in [2.05, 4.69) is 5.32 Å². The molecular weight excluding hydrogens is 353 g/mol. The predicted octanol–water partition coefficient (Wildman–Crippen LogP) is 4.37. The number of phenols is 1. The van der Waals surface area contributed by atoms with Crippen LogP contribution < -0.4 is 14.8 Å². The highest BCUT2D eigenvalue weighted by Crippen LogP contribution is 2.37. The largest absolute Gasteiger partial charge is 0.502 e. The summed E-state index contributed by atoms with van der Waals surface area (Å²) in [7, 11) is 2.86. The molecule has 2 N–H and O–H groups in total. The molecule has 0 radical (unpaired) electrons. The molecule has 5 nitrogen and oxygen atoms in total. The highest BCUT2D eigenvalue weighted by atomic mass is 35.5. The third-order valence-corrected chi connectivity index (χ3v) is 3.86. The van der Waals surface area contributed by atoms with Crippen LogP contribution in [0.4, 0.5) is 5.69 Å². The van der Waals surface area contributed by atoms with E-state index in [1.807, 2.05) is 0 Å². The molecule has 0 unspecified atom stereocenters. The van der Waals surface area contributed by atoms with Crippen molar-refractivity contribution in [3.05, 3.63) is 52.0 Å². The first-order valence-electron chi connectivity index (χ1n) is 6.83. The van der Waals surface area contributed by atoms with E-state index in [-0.39, 0.29) is 23.2 Å². The van der Waals surface area contributed by atoms with Crippen molar-refractivity contribution in [1.29, 1.82) is 0 Å². The van der Waals surface area contributed by atoms with Crippen LogP contribution in [0.1, 0.15) is 5.56 Å². The van der Waals surface area contributed by atoms with Gasteiger partial charge >= 0.3 is 0 Å². The maximum absolute atomic E-state index is 12.0. The fourth-order valence-electron chi connectivity index (χ4n) is 1.94. The van der Waals surface area contributed by atoms with Crippen LogP contribution in [0.5, 0.6) is 17.2 Å². The number of carbonyl (C=O) groups excluding carboxylic acids is 1. The van der Waals surface area contributed by atoms with Crippen molar-refractivity contribution in [2.45, 2.75) is 0 Å². The Kier molecular flexibility index (Phi) is 5.95. The molecule has 24 heavy (non-hydrogen) atoms. The standard InChI is InChI=1S/C17H15Cl2NO4/c1-23-14-7-10(8-15(24-2)17(14)22)3-6-16(21)20-11-4-5-12(18)13(19)9-11/h3-9,22H,1-2H3,(H,20,21)/b6-3+. The van der Waals surface area contributed by atoms with Crippen LogP contribution in [0, 0.1) is 0 Å². The van der Waals surface area contributed by atoms with Gasteiger partial charge in [-0.15, -0.1) is 0 Å². The normalized spacial score (nSPS) is 10.7. The quantitative estimate of drug-likeness (QED) is 0.770. The number of methoxy groups -OCH3 is 2. The van der Waals surface area contributed by atoms with E-state index in [1.165, 1.54) is 20.3 Å². The number of rotatable bonds is 5. The van der Waals surface area contributed by atoms with Crippen LogP contribution in [0.15, 0.2) is 36.4 Å². The van der Waals surface area contributed by atoms with Crippen LogP contribution in [0.25, 0.3) is 6.08 Å². The Labute approximate surface area is 149 Å². The lowest BCUT2D eigenvalue weighted by Gasteiger charge is -2.09. The number of phenolic OH excluding ortho intramolecular Hbond substituents is 1. The zero-order valence-corrected chi connectivity index (χ0v) is 14.5. The minimum Gasteiger partial charge on any atom is -0.502 e. The van der Waals surface area contributed by atoms with Gasteiger partial charge in [0, 0.05) is 11.8 Å². The molecule has 0 heterocycles. The summed E-state index contributed by atoms with van der Waals surface area (Å²) in [6.07, 6.45) is 2.91. The lowest BCUT2D eigenvalue weighted by molar-refractivity contribution is -0.111. The van der Waals surface area contributed by atoms with Gasteiger partial charge in [0.2, 0.25) is 11.7 Å². The van der Waals surface area contributed by atoms with Gasteiger partial charge in [-0.05, 0) is 42.0 Å². The minimum atomic E-state index is -0.348. The first kappa shape index (κ1) is 18.0. The van der Waals surface area contributed by atoms with Gasteiger partial charge in [-0.1, -0.05) is 23.2 Å². The molecule has 0 fully saturated rings. The summed E-state index contributed by atoms with van der Waals surface area (Å²) in [4.78, 5) is 12.0. The Morgan fingerprint density at radius 1 is 1.08 bits per heavy atom. The number of hydrogen-bond donors (Lipinski definition) is 2. The molecule has 0 saturated carbocycles. The SMILES string of the molecule is COc1cc(/C=C/C(=O)Nc2ccc(Cl)c(Cl)c2)cc(OC)c1O. The Hall–Kier alpha value is -2.37. The van der Waals surface area contributed by atoms with Gasteiger partial charge in [0.15, 0.2) is 11.5 Å². The summed E-state index contributed by atoms with van der Waals surface area (Å²) in [5.74, 6) is 0.0505. The van der Waals surface area contributed by atoms with Crippen LogP contribution >= 0.6 is 23.2 Å². The molecule has 126 valence electrons. The topological polar surface area (TPSA) is 67.8 Å². The van der Waals surface area contributed by atoms with Crippen LogP contribution in [-0.4, -0.2) is 25.2 Å². The van der Waals surface area contributed by atoms with Gasteiger partial charge in [-0.3, -0.25) is 4.79 Å². The van der Waals surface area contributed by atoms with E-state index in [9.17, 15) is 9.90 Å². The number of carbonyl (C=O) groups is 1. The Morgan fingerprint density at radius 3 is 2.25 bits per heavy atom. The molecule has 2 aromatic rings. The summed E-state index contributed by atoms with van der Waals surface area (Å²) < 4.78 is 10.1. The highest BCUT2D eigenvalue weighted by molar-refractivity contribution is 6.42. The summed E-state index contributed by atoms with van der Waals surface area (Å²) in [5, 5.41) is 13.3. The predicted molar refractivity (Wildman–Crippen MR) is 95.3 cm³/mol. The summed E-state index contributed by atoms with van der Waals surface area (Å²) in [6, 6.07) is 7.97. The second-order valence-electron chi connectivity index (χ2n) is 4.73. The summed E-state index contributed by atoms with van der Waals surface area (Å²) in [5.41, 5.74) is 1.16. The lowest BCUT2D eigenvalue weighted by Crippen LogP contribution is -2.07. The minimum absolute atomic E-state index is 0.0996. The van der Waals surface area contributed by atoms with E-state index in [0.717, 1.165) is 0 Å². The summed E-state index contributed by atoms with van der Waals surface area (Å²) >= 11 is 11.7. The maximum Gasteiger partial charge on any atom is 0.248 e. The molecule has 0 aliphatic heterocycles. The average molecular weight is 368 g/mol. The van der Waals surface area contributed by atoms with E-state index < -0.39 is 0 Å². The Balaban J connectivity index is 2.15. The smallest absolute Gasteiger partial charge is 0.248 e. The molecule has 7 heteroatoms. The third-order valence-electron chi connectivity index (χ3n) is 3.12. The zero-order chi connectivity index (χ0) is 17.7. The fraction of sp³-hybridized carbons (Fsp3) is 0.118. The highest BCUT2D eigenvalue weighted by Gasteiger charge is 2.10. The van der Waals surface area contributed by atoms with Crippen LogP contribution in [-0.2, 0) is 4.79 Å². The fourth-order valence-corrected chi connectivity index (χ4v) is 2.24. The van der Waals surface area contributed by atoms with Crippen molar-refractivity contribution in [2.75, 3.05) is 19.5 Å². The van der Waals surface area contributed by atoms with Gasteiger partial charge in [0.1, 0.15) is 0 Å². The monoisotopic (exact) mass is 367 g/mol. The van der Waals surface area contributed by atoms with Crippen molar-refractivity contribution in [3.63, 3.8) is 0 Å². The van der Waals surface area contributed by atoms with E-state index in [0.29, 0.717) is 21.3 Å². The molecule has 0 spiro atoms. The van der Waals surface area contributed by atoms with Crippen molar-refractivity contribution in [2.24, 2.45) is 0 Å². The average Bonchev–Trinajstić information content (AvgIpc) is 2.57. The second-order valence-corrected chi connectivity index (χ2v) is 5.54. The molecule has 1 amide bonds. The van der Waals surface area contributed by atoms with Gasteiger partial charge < -0.3 is 19.9 Å². The van der Waals surface area contributed by atoms with Gasteiger partial charge in [-0.2, -0.15) is 0 Å². The lowest BCUT2D eigenvalue weighted by atomic mass is 10.1. The van der Waals surface area contributed by atoms with Crippen molar-refractivity contribution in [1.82, 2.24) is 0 Å². The van der Waals surface area contributed by atoms with Crippen molar-refractivity contribution < 1.29 is 19.4 Å². The first-order chi connectivity index (χ1) is 11.4. The molecule has 0 atom stereocenters. The number of amides is 1. The number of hydrogen-bond acceptors (Lipinski definition) is 4. The van der Waals surface area contributed by atoms with E-state index in [4.69, 9.17) is 32.7 Å².